The molecule has 0 spiro atoms. The van der Waals surface area contributed by atoms with Crippen molar-refractivity contribution in [3.05, 3.63) is 101 Å². The summed E-state index contributed by atoms with van der Waals surface area (Å²) in [5.41, 5.74) is 4.40. The van der Waals surface area contributed by atoms with E-state index in [0.29, 0.717) is 35.1 Å². The number of para-hydroxylation sites is 1. The topological polar surface area (TPSA) is 111 Å². The monoisotopic (exact) mass is 481 g/mol. The van der Waals surface area contributed by atoms with Crippen LogP contribution >= 0.6 is 0 Å². The Balaban J connectivity index is 1.29. The number of hydrogen-bond donors (Lipinski definition) is 2. The lowest BCUT2D eigenvalue weighted by atomic mass is 10.0. The number of hydrogen-bond acceptors (Lipinski definition) is 6. The highest BCUT2D eigenvalue weighted by Gasteiger charge is 2.28. The van der Waals surface area contributed by atoms with Crippen molar-refractivity contribution in [2.24, 2.45) is 0 Å². The number of ether oxygens (including phenoxy) is 1. The van der Waals surface area contributed by atoms with Crippen molar-refractivity contribution >= 4 is 40.5 Å². The number of pyridine rings is 1. The quantitative estimate of drug-likeness (QED) is 0.393. The molecule has 180 valence electrons. The maximum atomic E-state index is 13.2. The van der Waals surface area contributed by atoms with Gasteiger partial charge in [-0.15, -0.1) is 0 Å². The molecule has 2 aromatic carbocycles. The van der Waals surface area contributed by atoms with Crippen LogP contribution in [-0.4, -0.2) is 29.5 Å². The maximum Gasteiger partial charge on any atom is 0.339 e. The van der Waals surface area contributed by atoms with Crippen LogP contribution in [-0.2, 0) is 22.5 Å². The number of allylic oxidation sites excluding steroid dienone is 1. The second-order valence-electron chi connectivity index (χ2n) is 8.31. The molecule has 3 amide bonds. The van der Waals surface area contributed by atoms with Gasteiger partial charge in [0.2, 0.25) is 0 Å². The van der Waals surface area contributed by atoms with Gasteiger partial charge < -0.3 is 14.5 Å². The number of amides is 3. The molecule has 0 radical (unpaired) electrons. The summed E-state index contributed by atoms with van der Waals surface area (Å²) in [5, 5.41) is 5.43. The Bertz CT molecular complexity index is 1460. The van der Waals surface area contributed by atoms with Crippen LogP contribution in [0.3, 0.4) is 0 Å². The molecule has 8 nitrogen and oxygen atoms in total. The number of nitrogens with zero attached hydrogens (tertiary/aromatic N) is 1. The average Bonchev–Trinajstić information content (AvgIpc) is 3.56. The molecule has 0 saturated heterocycles. The second kappa shape index (κ2) is 10.3. The Morgan fingerprint density at radius 2 is 1.78 bits per heavy atom. The first-order chi connectivity index (χ1) is 17.6. The number of rotatable bonds is 6. The molecule has 36 heavy (non-hydrogen) atoms. The van der Waals surface area contributed by atoms with E-state index in [2.05, 4.69) is 10.6 Å². The van der Waals surface area contributed by atoms with Crippen LogP contribution in [0.2, 0.25) is 0 Å². The second-order valence-corrected chi connectivity index (χ2v) is 8.31. The molecule has 0 unspecified atom stereocenters. The number of fused-ring (bicyclic) bond motifs is 2. The van der Waals surface area contributed by atoms with Gasteiger partial charge in [0.1, 0.15) is 5.76 Å². The summed E-state index contributed by atoms with van der Waals surface area (Å²) < 4.78 is 10.8. The number of esters is 1. The van der Waals surface area contributed by atoms with E-state index in [9.17, 15) is 14.4 Å². The number of imide groups is 1. The third-order valence-electron chi connectivity index (χ3n) is 5.89. The first-order valence-corrected chi connectivity index (χ1v) is 11.5. The molecule has 2 aromatic heterocycles. The molecule has 8 heteroatoms. The van der Waals surface area contributed by atoms with Gasteiger partial charge in [-0.05, 0) is 53.8 Å². The van der Waals surface area contributed by atoms with Crippen LogP contribution in [0, 0.1) is 0 Å². The highest BCUT2D eigenvalue weighted by atomic mass is 16.5. The number of aromatic nitrogens is 1. The predicted octanol–water partition coefficient (Wildman–Crippen LogP) is 4.50. The van der Waals surface area contributed by atoms with E-state index < -0.39 is 24.5 Å². The van der Waals surface area contributed by atoms with Gasteiger partial charge in [0.25, 0.3) is 5.91 Å². The number of nitrogens with one attached hydrogen (secondary N) is 2. The molecular formula is C28H23N3O5. The van der Waals surface area contributed by atoms with E-state index in [1.807, 2.05) is 72.8 Å². The van der Waals surface area contributed by atoms with Crippen molar-refractivity contribution in [1.82, 2.24) is 15.6 Å². The molecule has 0 fully saturated rings. The van der Waals surface area contributed by atoms with Gasteiger partial charge in [-0.3, -0.25) is 10.1 Å². The van der Waals surface area contributed by atoms with Crippen molar-refractivity contribution in [2.45, 2.75) is 19.4 Å². The van der Waals surface area contributed by atoms with Crippen molar-refractivity contribution < 1.29 is 23.5 Å². The van der Waals surface area contributed by atoms with Gasteiger partial charge in [0, 0.05) is 11.9 Å². The Hall–Kier alpha value is -4.72. The highest BCUT2D eigenvalue weighted by Crippen LogP contribution is 2.37. The van der Waals surface area contributed by atoms with E-state index in [0.717, 1.165) is 22.4 Å². The third-order valence-corrected chi connectivity index (χ3v) is 5.89. The summed E-state index contributed by atoms with van der Waals surface area (Å²) in [5.74, 6) is -0.648. The van der Waals surface area contributed by atoms with Gasteiger partial charge in [-0.2, -0.15) is 0 Å². The number of benzene rings is 2. The van der Waals surface area contributed by atoms with E-state index in [-0.39, 0.29) is 6.54 Å². The minimum atomic E-state index is -0.720. The fraction of sp³-hybridized carbons (Fsp3) is 0.143. The van der Waals surface area contributed by atoms with Gasteiger partial charge in [-0.25, -0.2) is 14.6 Å². The third kappa shape index (κ3) is 5.02. The summed E-state index contributed by atoms with van der Waals surface area (Å²) in [6.45, 7) is -0.319. The Morgan fingerprint density at radius 1 is 0.972 bits per heavy atom. The molecule has 1 aliphatic rings. The molecule has 0 aliphatic heterocycles. The normalized spacial score (nSPS) is 13.4. The van der Waals surface area contributed by atoms with Gasteiger partial charge in [0.15, 0.2) is 6.61 Å². The number of furan rings is 1. The predicted molar refractivity (Wildman–Crippen MR) is 134 cm³/mol. The van der Waals surface area contributed by atoms with Crippen molar-refractivity contribution in [1.29, 1.82) is 0 Å². The summed E-state index contributed by atoms with van der Waals surface area (Å²) in [6, 6.07) is 19.6. The summed E-state index contributed by atoms with van der Waals surface area (Å²) in [4.78, 5) is 42.2. The smallest absolute Gasteiger partial charge is 0.339 e. The zero-order valence-electron chi connectivity index (χ0n) is 19.3. The fourth-order valence-electron chi connectivity index (χ4n) is 4.25. The minimum Gasteiger partial charge on any atom is -0.465 e. The van der Waals surface area contributed by atoms with Crippen molar-refractivity contribution in [2.75, 3.05) is 6.61 Å². The van der Waals surface area contributed by atoms with Crippen molar-refractivity contribution in [3.63, 3.8) is 0 Å². The standard InChI is InChI=1S/C28H23N3O5/c32-24(31-28(34)29-16-18-7-2-1-3-8-18)17-36-27(33)25-21-10-4-5-11-23(21)30-26-19(12-13-22(25)26)15-20-9-6-14-35-20/h1-11,14-15H,12-13,16-17H2,(H2,29,31,32,34). The van der Waals surface area contributed by atoms with Crippen LogP contribution < -0.4 is 10.6 Å². The largest absolute Gasteiger partial charge is 0.465 e. The molecule has 5 rings (SSSR count). The lowest BCUT2D eigenvalue weighted by Crippen LogP contribution is -2.41. The Labute approximate surface area is 207 Å². The van der Waals surface area contributed by atoms with Crippen LogP contribution in [0.5, 0.6) is 0 Å². The van der Waals surface area contributed by atoms with E-state index >= 15 is 0 Å². The van der Waals surface area contributed by atoms with Crippen LogP contribution in [0.1, 0.15) is 39.4 Å². The van der Waals surface area contributed by atoms with Crippen LogP contribution in [0.4, 0.5) is 4.79 Å². The van der Waals surface area contributed by atoms with Gasteiger partial charge >= 0.3 is 12.0 Å². The van der Waals surface area contributed by atoms with Crippen LogP contribution in [0.15, 0.2) is 77.4 Å². The maximum absolute atomic E-state index is 13.2. The SMILES string of the molecule is O=C(COC(=O)c1c2c(nc3ccccc13)C(=Cc1ccco1)CC2)NC(=O)NCc1ccccc1. The molecular weight excluding hydrogens is 458 g/mol. The first-order valence-electron chi connectivity index (χ1n) is 11.5. The average molecular weight is 482 g/mol. The summed E-state index contributed by atoms with van der Waals surface area (Å²) in [7, 11) is 0. The molecule has 1 aliphatic carbocycles. The van der Waals surface area contributed by atoms with E-state index in [1.54, 1.807) is 6.26 Å². The molecule has 0 bridgehead atoms. The first kappa shape index (κ1) is 23.0. The van der Waals surface area contributed by atoms with Crippen molar-refractivity contribution in [3.8, 4) is 0 Å². The number of carbonyl (C=O) groups excluding carboxylic acids is 3. The fourth-order valence-corrected chi connectivity index (χ4v) is 4.25. The minimum absolute atomic E-state index is 0.267. The lowest BCUT2D eigenvalue weighted by molar-refractivity contribution is -0.123. The summed E-state index contributed by atoms with van der Waals surface area (Å²) >= 11 is 0. The summed E-state index contributed by atoms with van der Waals surface area (Å²) in [6.07, 6.45) is 4.83. The van der Waals surface area contributed by atoms with Crippen LogP contribution in [0.25, 0.3) is 22.6 Å². The number of carbonyl (C=O) groups is 3. The van der Waals surface area contributed by atoms with Gasteiger partial charge in [-0.1, -0.05) is 48.5 Å². The molecule has 2 N–H and O–H groups in total. The zero-order valence-corrected chi connectivity index (χ0v) is 19.3. The Morgan fingerprint density at radius 3 is 2.58 bits per heavy atom. The molecule has 0 saturated carbocycles. The van der Waals surface area contributed by atoms with E-state index in [4.69, 9.17) is 14.1 Å². The van der Waals surface area contributed by atoms with E-state index in [1.165, 1.54) is 0 Å². The lowest BCUT2D eigenvalue weighted by Gasteiger charge is -2.12. The molecule has 2 heterocycles. The highest BCUT2D eigenvalue weighted by molar-refractivity contribution is 6.07. The van der Waals surface area contributed by atoms with Gasteiger partial charge in [0.05, 0.1) is 23.0 Å². The zero-order chi connectivity index (χ0) is 24.9. The Kier molecular flexibility index (Phi) is 6.57. The number of urea groups is 1. The molecule has 4 aromatic rings. The molecule has 0 atom stereocenters.